The number of hydrogen-bond acceptors (Lipinski definition) is 6. The summed E-state index contributed by atoms with van der Waals surface area (Å²) >= 11 is 0. The molecular weight excluding hydrogens is 320 g/mol. The number of carbonyl (C=O) groups is 1. The molecule has 0 radical (unpaired) electrons. The van der Waals surface area contributed by atoms with E-state index >= 15 is 0 Å². The van der Waals surface area contributed by atoms with Crippen LogP contribution in [-0.4, -0.2) is 25.8 Å². The number of para-hydroxylation sites is 1. The molecule has 134 valence electrons. The lowest BCUT2D eigenvalue weighted by Gasteiger charge is -2.13. The average Bonchev–Trinajstić information content (AvgIpc) is 2.60. The summed E-state index contributed by atoms with van der Waals surface area (Å²) in [6.45, 7) is 4.04. The summed E-state index contributed by atoms with van der Waals surface area (Å²) < 4.78 is 15.9. The van der Waals surface area contributed by atoms with Gasteiger partial charge in [-0.05, 0) is 43.7 Å². The van der Waals surface area contributed by atoms with Crippen LogP contribution in [0, 0.1) is 0 Å². The van der Waals surface area contributed by atoms with Crippen molar-refractivity contribution in [3.63, 3.8) is 0 Å². The zero-order valence-electron chi connectivity index (χ0n) is 14.7. The van der Waals surface area contributed by atoms with Crippen LogP contribution in [-0.2, 0) is 16.1 Å². The fraction of sp³-hybridized carbons (Fsp3) is 0.316. The maximum Gasteiger partial charge on any atom is 0.344 e. The second kappa shape index (κ2) is 9.54. The van der Waals surface area contributed by atoms with Gasteiger partial charge in [-0.3, -0.25) is 0 Å². The van der Waals surface area contributed by atoms with E-state index in [1.165, 1.54) is 0 Å². The molecular formula is C19H24N2O4. The van der Waals surface area contributed by atoms with Crippen LogP contribution in [0.4, 0.5) is 5.69 Å². The first-order chi connectivity index (χ1) is 12.1. The molecule has 0 aromatic heterocycles. The van der Waals surface area contributed by atoms with Crippen LogP contribution in [0.1, 0.15) is 19.4 Å². The quantitative estimate of drug-likeness (QED) is 0.538. The van der Waals surface area contributed by atoms with E-state index in [4.69, 9.17) is 14.2 Å². The average molecular weight is 344 g/mol. The van der Waals surface area contributed by atoms with Crippen LogP contribution in [0.15, 0.2) is 48.5 Å². The Bertz CT molecular complexity index is 674. The topological polar surface area (TPSA) is 68.8 Å². The van der Waals surface area contributed by atoms with Crippen LogP contribution >= 0.6 is 0 Å². The number of hydrogen-bond donors (Lipinski definition) is 2. The Balaban J connectivity index is 1.88. The molecule has 0 atom stereocenters. The predicted octanol–water partition coefficient (Wildman–Crippen LogP) is 3.14. The van der Waals surface area contributed by atoms with Crippen LogP contribution in [0.5, 0.6) is 11.5 Å². The molecule has 6 nitrogen and oxygen atoms in total. The van der Waals surface area contributed by atoms with Gasteiger partial charge in [-0.1, -0.05) is 24.3 Å². The van der Waals surface area contributed by atoms with Crippen LogP contribution in [0.25, 0.3) is 0 Å². The smallest absolute Gasteiger partial charge is 0.344 e. The van der Waals surface area contributed by atoms with Gasteiger partial charge >= 0.3 is 5.97 Å². The van der Waals surface area contributed by atoms with E-state index in [-0.39, 0.29) is 12.7 Å². The van der Waals surface area contributed by atoms with E-state index in [0.717, 1.165) is 11.3 Å². The second-order valence-electron chi connectivity index (χ2n) is 5.66. The third-order valence-electron chi connectivity index (χ3n) is 3.24. The van der Waals surface area contributed by atoms with Gasteiger partial charge in [-0.15, -0.1) is 0 Å². The summed E-state index contributed by atoms with van der Waals surface area (Å²) in [5.41, 5.74) is 8.26. The Hall–Kier alpha value is -2.73. The van der Waals surface area contributed by atoms with Gasteiger partial charge in [0, 0.05) is 12.2 Å². The van der Waals surface area contributed by atoms with Gasteiger partial charge in [0.25, 0.3) is 0 Å². The Labute approximate surface area is 148 Å². The summed E-state index contributed by atoms with van der Waals surface area (Å²) in [4.78, 5) is 11.6. The van der Waals surface area contributed by atoms with E-state index in [1.807, 2.05) is 42.5 Å². The molecule has 0 aliphatic carbocycles. The lowest BCUT2D eigenvalue weighted by Crippen LogP contribution is -2.21. The van der Waals surface area contributed by atoms with Crippen molar-refractivity contribution in [2.75, 3.05) is 19.1 Å². The van der Waals surface area contributed by atoms with Gasteiger partial charge in [0.2, 0.25) is 0 Å². The van der Waals surface area contributed by atoms with Crippen molar-refractivity contribution in [2.24, 2.45) is 0 Å². The number of ether oxygens (including phenoxy) is 3. The minimum atomic E-state index is -0.408. The third-order valence-corrected chi connectivity index (χ3v) is 3.24. The minimum absolute atomic E-state index is 0.151. The number of methoxy groups -OCH3 is 1. The molecule has 0 heterocycles. The van der Waals surface area contributed by atoms with Crippen molar-refractivity contribution in [1.29, 1.82) is 0 Å². The maximum absolute atomic E-state index is 11.6. The molecule has 25 heavy (non-hydrogen) atoms. The summed E-state index contributed by atoms with van der Waals surface area (Å²) in [7, 11) is 1.56. The molecule has 0 fully saturated rings. The van der Waals surface area contributed by atoms with Crippen molar-refractivity contribution >= 4 is 11.7 Å². The van der Waals surface area contributed by atoms with E-state index in [9.17, 15) is 4.79 Å². The number of anilines is 1. The molecule has 2 aromatic rings. The first kappa shape index (κ1) is 18.6. The number of rotatable bonds is 9. The number of hydrazine groups is 1. The summed E-state index contributed by atoms with van der Waals surface area (Å²) in [6.07, 6.45) is -0.163. The number of nitrogens with one attached hydrogen (secondary N) is 2. The van der Waals surface area contributed by atoms with E-state index in [1.54, 1.807) is 27.0 Å². The zero-order chi connectivity index (χ0) is 18.1. The highest BCUT2D eigenvalue weighted by atomic mass is 16.6. The summed E-state index contributed by atoms with van der Waals surface area (Å²) in [5, 5.41) is 0. The highest BCUT2D eigenvalue weighted by molar-refractivity contribution is 5.71. The maximum atomic E-state index is 11.6. The van der Waals surface area contributed by atoms with Gasteiger partial charge in [0.15, 0.2) is 18.1 Å². The molecule has 0 saturated carbocycles. The number of benzene rings is 2. The fourth-order valence-corrected chi connectivity index (χ4v) is 2.14. The van der Waals surface area contributed by atoms with Gasteiger partial charge in [0.1, 0.15) is 0 Å². The van der Waals surface area contributed by atoms with Crippen LogP contribution in [0.2, 0.25) is 0 Å². The monoisotopic (exact) mass is 344 g/mol. The Kier molecular flexibility index (Phi) is 7.10. The molecule has 0 unspecified atom stereocenters. The number of esters is 1. The van der Waals surface area contributed by atoms with E-state index in [0.29, 0.717) is 18.0 Å². The highest BCUT2D eigenvalue weighted by Gasteiger charge is 2.10. The minimum Gasteiger partial charge on any atom is -0.493 e. The molecule has 6 heteroatoms. The van der Waals surface area contributed by atoms with Gasteiger partial charge in [-0.25, -0.2) is 10.2 Å². The third kappa shape index (κ3) is 6.35. The SMILES string of the molecule is COc1cc(CNNc2ccccc2)ccc1OCC(=O)OC(C)C. The first-order valence-electron chi connectivity index (χ1n) is 8.11. The molecule has 0 amide bonds. The second-order valence-corrected chi connectivity index (χ2v) is 5.66. The molecule has 2 N–H and O–H groups in total. The predicted molar refractivity (Wildman–Crippen MR) is 96.6 cm³/mol. The van der Waals surface area contributed by atoms with Crippen LogP contribution < -0.4 is 20.3 Å². The molecule has 2 rings (SSSR count). The molecule has 0 aliphatic rings. The normalized spacial score (nSPS) is 10.4. The van der Waals surface area contributed by atoms with E-state index in [2.05, 4.69) is 10.9 Å². The number of carbonyl (C=O) groups excluding carboxylic acids is 1. The Morgan fingerprint density at radius 2 is 1.84 bits per heavy atom. The van der Waals surface area contributed by atoms with Crippen molar-refractivity contribution in [3.8, 4) is 11.5 Å². The van der Waals surface area contributed by atoms with Crippen LogP contribution in [0.3, 0.4) is 0 Å². The van der Waals surface area contributed by atoms with Gasteiger partial charge in [0.05, 0.1) is 13.2 Å². The molecule has 0 bridgehead atoms. The lowest BCUT2D eigenvalue weighted by atomic mass is 10.2. The molecule has 0 aliphatic heterocycles. The summed E-state index contributed by atoms with van der Waals surface area (Å²) in [6, 6.07) is 15.4. The molecule has 0 saturated heterocycles. The standard InChI is InChI=1S/C19H24N2O4/c1-14(2)25-19(22)13-24-17-10-9-15(11-18(17)23-3)12-20-21-16-7-5-4-6-8-16/h4-11,14,20-21H,12-13H2,1-3H3. The lowest BCUT2D eigenvalue weighted by molar-refractivity contribution is -0.149. The van der Waals surface area contributed by atoms with Crippen molar-refractivity contribution < 1.29 is 19.0 Å². The molecule has 0 spiro atoms. The largest absolute Gasteiger partial charge is 0.493 e. The highest BCUT2D eigenvalue weighted by Crippen LogP contribution is 2.28. The van der Waals surface area contributed by atoms with Crippen molar-refractivity contribution in [1.82, 2.24) is 5.43 Å². The first-order valence-corrected chi connectivity index (χ1v) is 8.11. The Morgan fingerprint density at radius 1 is 1.08 bits per heavy atom. The van der Waals surface area contributed by atoms with Gasteiger partial charge in [-0.2, -0.15) is 0 Å². The van der Waals surface area contributed by atoms with Gasteiger partial charge < -0.3 is 19.6 Å². The molecule has 2 aromatic carbocycles. The summed E-state index contributed by atoms with van der Waals surface area (Å²) in [5.74, 6) is 0.661. The van der Waals surface area contributed by atoms with Crippen molar-refractivity contribution in [2.45, 2.75) is 26.5 Å². The zero-order valence-corrected chi connectivity index (χ0v) is 14.7. The Morgan fingerprint density at radius 3 is 2.52 bits per heavy atom. The van der Waals surface area contributed by atoms with E-state index < -0.39 is 5.97 Å². The fourth-order valence-electron chi connectivity index (χ4n) is 2.14. The van der Waals surface area contributed by atoms with Crippen molar-refractivity contribution in [3.05, 3.63) is 54.1 Å².